The predicted molar refractivity (Wildman–Crippen MR) is 75.5 cm³/mol. The fraction of sp³-hybridized carbons (Fsp3) is 0.533. The van der Waals surface area contributed by atoms with Crippen LogP contribution >= 0.6 is 0 Å². The van der Waals surface area contributed by atoms with Gasteiger partial charge in [-0.05, 0) is 32.8 Å². The predicted octanol–water partition coefficient (Wildman–Crippen LogP) is 2.11. The van der Waals surface area contributed by atoms with Crippen molar-refractivity contribution in [3.05, 3.63) is 23.2 Å². The van der Waals surface area contributed by atoms with Gasteiger partial charge in [-0.25, -0.2) is 4.79 Å². The molecule has 0 spiro atoms. The lowest BCUT2D eigenvalue weighted by Gasteiger charge is -2.27. The summed E-state index contributed by atoms with van der Waals surface area (Å²) in [6, 6.07) is 3.61. The number of hydrogen-bond donors (Lipinski definition) is 1. The smallest absolute Gasteiger partial charge is 0.342 e. The van der Waals surface area contributed by atoms with Crippen LogP contribution in [-0.2, 0) is 9.53 Å². The number of carbonyl (C=O) groups is 2. The van der Waals surface area contributed by atoms with Gasteiger partial charge in [-0.2, -0.15) is 5.26 Å². The molecule has 1 rings (SSSR count). The molecule has 1 atom stereocenters. The number of nitriles is 1. The highest BCUT2D eigenvalue weighted by Crippen LogP contribution is 2.16. The molecule has 1 aromatic rings. The SMILES string of the molecule is Cc1cc(C(=O)OCC(=O)NC(C)(C#N)C(C)C)c(C)o1. The molecule has 6 nitrogen and oxygen atoms in total. The van der Waals surface area contributed by atoms with Crippen LogP contribution < -0.4 is 5.32 Å². The Kier molecular flexibility index (Phi) is 5.14. The standard InChI is InChI=1S/C15H20N2O4/c1-9(2)15(5,8-16)17-13(18)7-20-14(19)12-6-10(3)21-11(12)4/h6,9H,7H2,1-5H3,(H,17,18). The summed E-state index contributed by atoms with van der Waals surface area (Å²) in [6.45, 7) is 8.21. The summed E-state index contributed by atoms with van der Waals surface area (Å²) < 4.78 is 10.2. The van der Waals surface area contributed by atoms with Crippen molar-refractivity contribution in [3.63, 3.8) is 0 Å². The fourth-order valence-electron chi connectivity index (χ4n) is 1.67. The minimum atomic E-state index is -0.994. The van der Waals surface area contributed by atoms with Gasteiger partial charge in [-0.3, -0.25) is 4.79 Å². The highest BCUT2D eigenvalue weighted by Gasteiger charge is 2.30. The summed E-state index contributed by atoms with van der Waals surface area (Å²) in [4.78, 5) is 23.6. The minimum absolute atomic E-state index is 0.0686. The maximum absolute atomic E-state index is 11.8. The van der Waals surface area contributed by atoms with Gasteiger partial charge in [0.25, 0.3) is 5.91 Å². The molecule has 1 aromatic heterocycles. The van der Waals surface area contributed by atoms with E-state index in [1.807, 2.05) is 13.8 Å². The maximum Gasteiger partial charge on any atom is 0.342 e. The molecular weight excluding hydrogens is 272 g/mol. The molecule has 0 aromatic carbocycles. The molecule has 6 heteroatoms. The Labute approximate surface area is 124 Å². The van der Waals surface area contributed by atoms with Gasteiger partial charge in [0.05, 0.1) is 6.07 Å². The molecule has 0 bridgehead atoms. The maximum atomic E-state index is 11.8. The van der Waals surface area contributed by atoms with Crippen molar-refractivity contribution in [2.45, 2.75) is 40.2 Å². The lowest BCUT2D eigenvalue weighted by Crippen LogP contribution is -2.50. The van der Waals surface area contributed by atoms with Gasteiger partial charge in [0.15, 0.2) is 6.61 Å². The quantitative estimate of drug-likeness (QED) is 0.839. The molecule has 0 aliphatic carbocycles. The summed E-state index contributed by atoms with van der Waals surface area (Å²) in [6.07, 6.45) is 0. The minimum Gasteiger partial charge on any atom is -0.466 e. The van der Waals surface area contributed by atoms with Crippen LogP contribution in [0.4, 0.5) is 0 Å². The first-order chi connectivity index (χ1) is 9.69. The van der Waals surface area contributed by atoms with Crippen molar-refractivity contribution in [1.82, 2.24) is 5.32 Å². The first-order valence-electron chi connectivity index (χ1n) is 6.66. The van der Waals surface area contributed by atoms with Crippen LogP contribution in [0.2, 0.25) is 0 Å². The third kappa shape index (κ3) is 4.09. The second-order valence-corrected chi connectivity index (χ2v) is 5.42. The molecule has 0 saturated carbocycles. The van der Waals surface area contributed by atoms with Crippen LogP contribution in [-0.4, -0.2) is 24.0 Å². The molecular formula is C15H20N2O4. The molecule has 21 heavy (non-hydrogen) atoms. The van der Waals surface area contributed by atoms with E-state index >= 15 is 0 Å². The number of hydrogen-bond acceptors (Lipinski definition) is 5. The molecule has 1 unspecified atom stereocenters. The highest BCUT2D eigenvalue weighted by atomic mass is 16.5. The fourth-order valence-corrected chi connectivity index (χ4v) is 1.67. The number of furan rings is 1. The molecule has 0 aliphatic heterocycles. The summed E-state index contributed by atoms with van der Waals surface area (Å²) in [5.74, 6) is -0.162. The van der Waals surface area contributed by atoms with Crippen molar-refractivity contribution >= 4 is 11.9 Å². The van der Waals surface area contributed by atoms with E-state index in [4.69, 9.17) is 14.4 Å². The van der Waals surface area contributed by atoms with E-state index in [1.165, 1.54) is 0 Å². The molecule has 0 radical (unpaired) electrons. The molecule has 114 valence electrons. The normalized spacial score (nSPS) is 13.4. The van der Waals surface area contributed by atoms with E-state index in [-0.39, 0.29) is 5.92 Å². The molecule has 0 fully saturated rings. The van der Waals surface area contributed by atoms with E-state index in [0.29, 0.717) is 17.1 Å². The van der Waals surface area contributed by atoms with Gasteiger partial charge in [0, 0.05) is 0 Å². The molecule has 0 aliphatic rings. The van der Waals surface area contributed by atoms with E-state index in [0.717, 1.165) is 0 Å². The van der Waals surface area contributed by atoms with Crippen LogP contribution in [0.15, 0.2) is 10.5 Å². The van der Waals surface area contributed by atoms with Crippen LogP contribution in [0.5, 0.6) is 0 Å². The number of aryl methyl sites for hydroxylation is 2. The van der Waals surface area contributed by atoms with E-state index < -0.39 is 24.0 Å². The van der Waals surface area contributed by atoms with Crippen LogP contribution in [0, 0.1) is 31.1 Å². The van der Waals surface area contributed by atoms with E-state index in [2.05, 4.69) is 11.4 Å². The van der Waals surface area contributed by atoms with Crippen molar-refractivity contribution in [1.29, 1.82) is 5.26 Å². The van der Waals surface area contributed by atoms with Gasteiger partial charge >= 0.3 is 5.97 Å². The zero-order valence-corrected chi connectivity index (χ0v) is 12.9. The first kappa shape index (κ1) is 16.8. The highest BCUT2D eigenvalue weighted by molar-refractivity contribution is 5.92. The van der Waals surface area contributed by atoms with E-state index in [9.17, 15) is 9.59 Å². The molecule has 1 amide bonds. The number of nitrogens with one attached hydrogen (secondary N) is 1. The second kappa shape index (κ2) is 6.44. The third-order valence-electron chi connectivity index (χ3n) is 3.38. The van der Waals surface area contributed by atoms with Crippen molar-refractivity contribution in [2.75, 3.05) is 6.61 Å². The summed E-state index contributed by atoms with van der Waals surface area (Å²) in [5.41, 5.74) is -0.696. The summed E-state index contributed by atoms with van der Waals surface area (Å²) in [7, 11) is 0. The molecule has 0 saturated heterocycles. The topological polar surface area (TPSA) is 92.3 Å². The Morgan fingerprint density at radius 2 is 2.10 bits per heavy atom. The van der Waals surface area contributed by atoms with Crippen LogP contribution in [0.25, 0.3) is 0 Å². The Morgan fingerprint density at radius 1 is 1.48 bits per heavy atom. The first-order valence-corrected chi connectivity index (χ1v) is 6.66. The van der Waals surface area contributed by atoms with Crippen molar-refractivity contribution in [2.24, 2.45) is 5.92 Å². The molecule has 1 N–H and O–H groups in total. The monoisotopic (exact) mass is 292 g/mol. The average molecular weight is 292 g/mol. The number of carbonyl (C=O) groups excluding carboxylic acids is 2. The van der Waals surface area contributed by atoms with Gasteiger partial charge in [0.1, 0.15) is 22.6 Å². The van der Waals surface area contributed by atoms with Crippen molar-refractivity contribution in [3.8, 4) is 6.07 Å². The number of rotatable bonds is 5. The summed E-state index contributed by atoms with van der Waals surface area (Å²) >= 11 is 0. The van der Waals surface area contributed by atoms with Crippen molar-refractivity contribution < 1.29 is 18.7 Å². The zero-order valence-electron chi connectivity index (χ0n) is 12.9. The number of esters is 1. The number of ether oxygens (including phenoxy) is 1. The van der Waals surface area contributed by atoms with Crippen LogP contribution in [0.1, 0.15) is 42.6 Å². The van der Waals surface area contributed by atoms with Gasteiger partial charge < -0.3 is 14.5 Å². The van der Waals surface area contributed by atoms with Gasteiger partial charge in [-0.15, -0.1) is 0 Å². The van der Waals surface area contributed by atoms with Gasteiger partial charge in [-0.1, -0.05) is 13.8 Å². The average Bonchev–Trinajstić information content (AvgIpc) is 2.74. The number of nitrogens with zero attached hydrogens (tertiary/aromatic N) is 1. The molecule has 1 heterocycles. The number of amides is 1. The van der Waals surface area contributed by atoms with Crippen LogP contribution in [0.3, 0.4) is 0 Å². The Hall–Kier alpha value is -2.29. The lowest BCUT2D eigenvalue weighted by atomic mass is 9.90. The lowest BCUT2D eigenvalue weighted by molar-refractivity contribution is -0.125. The zero-order chi connectivity index (χ0) is 16.2. The third-order valence-corrected chi connectivity index (χ3v) is 3.38. The van der Waals surface area contributed by atoms with E-state index in [1.54, 1.807) is 26.8 Å². The Bertz CT molecular complexity index is 583. The van der Waals surface area contributed by atoms with Gasteiger partial charge in [0.2, 0.25) is 0 Å². The second-order valence-electron chi connectivity index (χ2n) is 5.42. The Balaban J connectivity index is 2.60. The largest absolute Gasteiger partial charge is 0.466 e. The summed E-state index contributed by atoms with van der Waals surface area (Å²) in [5, 5.41) is 11.7. The Morgan fingerprint density at radius 3 is 2.52 bits per heavy atom.